The number of nitrogens with zero attached hydrogens (tertiary/aromatic N) is 2. The van der Waals surface area contributed by atoms with Gasteiger partial charge in [-0.2, -0.15) is 13.2 Å². The number of halogens is 6. The SMILES string of the molecule is N=C/C(=C\c1ncc([C@@H](NC(=O)OCC2(F)CC2)C2CCC(F)(F)CC2)[nH]1)CN1C[C@@H](C(F)(F)F)NC1=O. The molecule has 15 heteroatoms. The number of nitrogens with one attached hydrogen (secondary N) is 4. The zero-order valence-electron chi connectivity index (χ0n) is 20.2. The van der Waals surface area contributed by atoms with Crippen LogP contribution in [0.15, 0.2) is 11.8 Å². The van der Waals surface area contributed by atoms with Gasteiger partial charge in [0.15, 0.2) is 0 Å². The van der Waals surface area contributed by atoms with Crippen molar-refractivity contribution >= 4 is 24.4 Å². The van der Waals surface area contributed by atoms with Crippen molar-refractivity contribution in [2.24, 2.45) is 5.92 Å². The summed E-state index contributed by atoms with van der Waals surface area (Å²) >= 11 is 0. The van der Waals surface area contributed by atoms with Gasteiger partial charge in [0, 0.05) is 25.6 Å². The van der Waals surface area contributed by atoms with Gasteiger partial charge in [0.05, 0.1) is 24.5 Å². The molecule has 0 radical (unpaired) electrons. The Morgan fingerprint density at radius 3 is 2.53 bits per heavy atom. The van der Waals surface area contributed by atoms with E-state index in [9.17, 15) is 35.9 Å². The largest absolute Gasteiger partial charge is 0.446 e. The number of urea groups is 1. The summed E-state index contributed by atoms with van der Waals surface area (Å²) in [7, 11) is 0. The maximum atomic E-state index is 13.9. The van der Waals surface area contributed by atoms with Crippen LogP contribution in [0.3, 0.4) is 0 Å². The molecule has 3 fully saturated rings. The summed E-state index contributed by atoms with van der Waals surface area (Å²) in [5.41, 5.74) is -1.01. The first kappa shape index (κ1) is 27.8. The monoisotopic (exact) mass is 550 g/mol. The van der Waals surface area contributed by atoms with E-state index in [2.05, 4.69) is 15.3 Å². The van der Waals surface area contributed by atoms with Gasteiger partial charge in [-0.25, -0.2) is 27.7 Å². The van der Waals surface area contributed by atoms with Gasteiger partial charge in [-0.3, -0.25) is 0 Å². The number of alkyl carbamates (subject to hydrolysis) is 1. The van der Waals surface area contributed by atoms with Crippen molar-refractivity contribution < 1.29 is 40.7 Å². The Balaban J connectivity index is 1.46. The standard InChI is InChI=1S/C23H28F6N6O3/c24-21(5-6-21)12-38-20(37)34-18(14-1-3-22(25,26)4-2-14)15-9-31-17(32-15)7-13(8-30)10-35-11-16(23(27,28)29)33-19(35)36/h7-9,14,16,18,30H,1-6,10-12H2,(H,31,32)(H,33,36)(H,34,37)/b13-7+,30-8?/t16-,18-/m0/s1. The Morgan fingerprint density at radius 2 is 1.95 bits per heavy atom. The van der Waals surface area contributed by atoms with Crippen LogP contribution in [-0.4, -0.2) is 76.7 Å². The summed E-state index contributed by atoms with van der Waals surface area (Å²) in [6, 6.07) is -3.74. The summed E-state index contributed by atoms with van der Waals surface area (Å²) in [6.45, 7) is -1.31. The van der Waals surface area contributed by atoms with Gasteiger partial charge >= 0.3 is 18.3 Å². The third-order valence-electron chi connectivity index (χ3n) is 6.98. The molecule has 0 bridgehead atoms. The molecule has 38 heavy (non-hydrogen) atoms. The van der Waals surface area contributed by atoms with Gasteiger partial charge in [0.25, 0.3) is 0 Å². The molecule has 9 nitrogen and oxygen atoms in total. The second-order valence-corrected chi connectivity index (χ2v) is 10.1. The van der Waals surface area contributed by atoms with Crippen molar-refractivity contribution in [3.63, 3.8) is 0 Å². The molecule has 3 aliphatic rings. The molecule has 2 atom stereocenters. The summed E-state index contributed by atoms with van der Waals surface area (Å²) in [6.07, 6.45) is -1.85. The molecule has 1 saturated heterocycles. The van der Waals surface area contributed by atoms with Crippen molar-refractivity contribution in [1.82, 2.24) is 25.5 Å². The molecule has 2 saturated carbocycles. The second kappa shape index (κ2) is 10.5. The molecule has 3 amide bonds. The second-order valence-electron chi connectivity index (χ2n) is 10.1. The Bertz CT molecular complexity index is 1080. The minimum Gasteiger partial charge on any atom is -0.446 e. The topological polar surface area (TPSA) is 123 Å². The van der Waals surface area contributed by atoms with Crippen molar-refractivity contribution in [2.75, 3.05) is 19.7 Å². The van der Waals surface area contributed by atoms with Crippen LogP contribution in [0.1, 0.15) is 56.1 Å². The van der Waals surface area contributed by atoms with E-state index in [0.717, 1.165) is 11.1 Å². The van der Waals surface area contributed by atoms with Crippen molar-refractivity contribution in [3.8, 4) is 0 Å². The predicted molar refractivity (Wildman–Crippen MR) is 122 cm³/mol. The number of amides is 3. The van der Waals surface area contributed by atoms with E-state index in [4.69, 9.17) is 10.1 Å². The van der Waals surface area contributed by atoms with Crippen molar-refractivity contribution in [3.05, 3.63) is 23.3 Å². The molecule has 1 aromatic heterocycles. The number of H-pyrrole nitrogens is 1. The third-order valence-corrected chi connectivity index (χ3v) is 6.98. The zero-order valence-corrected chi connectivity index (χ0v) is 20.2. The molecule has 0 unspecified atom stereocenters. The van der Waals surface area contributed by atoms with Crippen LogP contribution >= 0.6 is 0 Å². The van der Waals surface area contributed by atoms with Gasteiger partial charge in [-0.15, -0.1) is 0 Å². The van der Waals surface area contributed by atoms with Gasteiger partial charge < -0.3 is 30.7 Å². The molecule has 1 aromatic rings. The minimum absolute atomic E-state index is 0.103. The number of imidazole rings is 1. The molecule has 2 aliphatic carbocycles. The number of hydrogen-bond donors (Lipinski definition) is 4. The fraction of sp³-hybridized carbons (Fsp3) is 0.652. The van der Waals surface area contributed by atoms with Crippen LogP contribution < -0.4 is 10.6 Å². The lowest BCUT2D eigenvalue weighted by Gasteiger charge is -2.33. The Kier molecular flexibility index (Phi) is 7.66. The average Bonchev–Trinajstić information content (AvgIpc) is 3.21. The highest BCUT2D eigenvalue weighted by Crippen LogP contribution is 2.42. The first-order chi connectivity index (χ1) is 17.8. The van der Waals surface area contributed by atoms with E-state index < -0.39 is 61.0 Å². The Morgan fingerprint density at radius 1 is 1.26 bits per heavy atom. The van der Waals surface area contributed by atoms with Gasteiger partial charge in [-0.1, -0.05) is 0 Å². The highest BCUT2D eigenvalue weighted by atomic mass is 19.4. The number of hydrogen-bond acceptors (Lipinski definition) is 5. The van der Waals surface area contributed by atoms with Crippen LogP contribution in [0.4, 0.5) is 35.9 Å². The quantitative estimate of drug-likeness (QED) is 0.267. The number of ether oxygens (including phenoxy) is 1. The van der Waals surface area contributed by atoms with Crippen molar-refractivity contribution in [2.45, 2.75) is 68.4 Å². The van der Waals surface area contributed by atoms with Crippen LogP contribution in [0.25, 0.3) is 6.08 Å². The first-order valence-electron chi connectivity index (χ1n) is 12.2. The van der Waals surface area contributed by atoms with Crippen LogP contribution in [0.2, 0.25) is 0 Å². The first-order valence-corrected chi connectivity index (χ1v) is 12.2. The van der Waals surface area contributed by atoms with Crippen LogP contribution in [0, 0.1) is 11.3 Å². The molecular weight excluding hydrogens is 522 g/mol. The average molecular weight is 551 g/mol. The lowest BCUT2D eigenvalue weighted by Crippen LogP contribution is -2.40. The van der Waals surface area contributed by atoms with E-state index in [1.54, 1.807) is 0 Å². The summed E-state index contributed by atoms with van der Waals surface area (Å²) < 4.78 is 85.1. The molecule has 0 aromatic carbocycles. The number of carbonyl (C=O) groups excluding carboxylic acids is 2. The van der Waals surface area contributed by atoms with Gasteiger partial charge in [0.2, 0.25) is 5.92 Å². The van der Waals surface area contributed by atoms with E-state index in [1.807, 2.05) is 5.32 Å². The highest BCUT2D eigenvalue weighted by molar-refractivity contribution is 5.85. The normalized spacial score (nSPS) is 24.1. The molecule has 4 rings (SSSR count). The van der Waals surface area contributed by atoms with Crippen LogP contribution in [-0.2, 0) is 4.74 Å². The molecule has 1 aliphatic heterocycles. The maximum Gasteiger partial charge on any atom is 0.410 e. The summed E-state index contributed by atoms with van der Waals surface area (Å²) in [5.74, 6) is -3.02. The van der Waals surface area contributed by atoms with Crippen molar-refractivity contribution in [1.29, 1.82) is 5.41 Å². The molecule has 0 spiro atoms. The minimum atomic E-state index is -4.61. The maximum absolute atomic E-state index is 13.9. The lowest BCUT2D eigenvalue weighted by atomic mass is 9.81. The number of carbonyl (C=O) groups is 2. The zero-order chi connectivity index (χ0) is 27.7. The van der Waals surface area contributed by atoms with Crippen LogP contribution in [0.5, 0.6) is 0 Å². The highest BCUT2D eigenvalue weighted by Gasteiger charge is 2.47. The number of aromatic amines is 1. The fourth-order valence-electron chi connectivity index (χ4n) is 4.51. The van der Waals surface area contributed by atoms with E-state index in [-0.39, 0.29) is 43.6 Å². The summed E-state index contributed by atoms with van der Waals surface area (Å²) in [5, 5.41) is 12.1. The van der Waals surface area contributed by atoms with Gasteiger partial charge in [0.1, 0.15) is 24.1 Å². The van der Waals surface area contributed by atoms with Gasteiger partial charge in [-0.05, 0) is 43.3 Å². The van der Waals surface area contributed by atoms with E-state index in [0.29, 0.717) is 18.5 Å². The number of rotatable bonds is 9. The fourth-order valence-corrected chi connectivity index (χ4v) is 4.51. The Hall–Kier alpha value is -3.26. The lowest BCUT2D eigenvalue weighted by molar-refractivity contribution is -0.149. The molecular formula is C23H28F6N6O3. The smallest absolute Gasteiger partial charge is 0.410 e. The molecule has 210 valence electrons. The summed E-state index contributed by atoms with van der Waals surface area (Å²) in [4.78, 5) is 32.3. The molecule has 2 heterocycles. The number of aromatic nitrogens is 2. The van der Waals surface area contributed by atoms with E-state index in [1.165, 1.54) is 12.3 Å². The number of alkyl halides is 6. The predicted octanol–water partition coefficient (Wildman–Crippen LogP) is 4.49. The third kappa shape index (κ3) is 6.98. The molecule has 4 N–H and O–H groups in total. The van der Waals surface area contributed by atoms with E-state index >= 15 is 0 Å². The Labute approximate surface area is 213 Å².